The van der Waals surface area contributed by atoms with Crippen molar-refractivity contribution in [1.29, 1.82) is 0 Å². The summed E-state index contributed by atoms with van der Waals surface area (Å²) >= 11 is 6.18. The molecule has 0 saturated heterocycles. The van der Waals surface area contributed by atoms with Gasteiger partial charge in [0.05, 0.1) is 17.7 Å². The molecule has 0 bridgehead atoms. The maximum atomic E-state index is 14.0. The summed E-state index contributed by atoms with van der Waals surface area (Å²) in [5.41, 5.74) is 1.67. The number of rotatable bonds is 4. The van der Waals surface area contributed by atoms with Crippen molar-refractivity contribution in [1.82, 2.24) is 9.55 Å². The Morgan fingerprint density at radius 3 is 2.40 bits per heavy atom. The quantitative estimate of drug-likeness (QED) is 0.692. The number of nitrogens with zero attached hydrogens (tertiary/aromatic N) is 2. The number of methoxy groups -OCH3 is 1. The molecule has 0 fully saturated rings. The fourth-order valence-corrected chi connectivity index (χ4v) is 3.32. The van der Waals surface area contributed by atoms with Crippen molar-refractivity contribution >= 4 is 21.4 Å². The van der Waals surface area contributed by atoms with Crippen LogP contribution >= 0.6 is 11.6 Å². The van der Waals surface area contributed by atoms with Crippen molar-refractivity contribution in [2.24, 2.45) is 0 Å². The van der Waals surface area contributed by atoms with Gasteiger partial charge in [-0.05, 0) is 42.5 Å². The standard InChI is InChI=1S/C17H14ClFN2O3S/c1-24-15-8-3-11(9-14(15)19)16-17(18)20-10-21(16)12-4-6-13(7-5-12)25(2,22)23/h3-10H,1-2H3/i1-1. The minimum absolute atomic E-state index is 0.128. The zero-order valence-corrected chi connectivity index (χ0v) is 15.0. The predicted octanol–water partition coefficient (Wildman–Crippen LogP) is 3.74. The normalized spacial score (nSPS) is 11.5. The fraction of sp³-hybridized carbons (Fsp3) is 0.118. The number of imidazole rings is 1. The van der Waals surface area contributed by atoms with Crippen LogP contribution in [0.3, 0.4) is 0 Å². The maximum Gasteiger partial charge on any atom is 0.175 e. The van der Waals surface area contributed by atoms with Gasteiger partial charge in [0.1, 0.15) is 6.33 Å². The van der Waals surface area contributed by atoms with E-state index < -0.39 is 15.7 Å². The average molecular weight is 380 g/mol. The van der Waals surface area contributed by atoms with E-state index in [0.717, 1.165) is 6.26 Å². The second-order valence-electron chi connectivity index (χ2n) is 5.37. The fourth-order valence-electron chi connectivity index (χ4n) is 2.45. The molecule has 0 atom stereocenters. The summed E-state index contributed by atoms with van der Waals surface area (Å²) < 4.78 is 43.8. The van der Waals surface area contributed by atoms with Gasteiger partial charge in [0.25, 0.3) is 0 Å². The lowest BCUT2D eigenvalue weighted by Gasteiger charge is -2.11. The number of hydrogen-bond donors (Lipinski definition) is 0. The van der Waals surface area contributed by atoms with Gasteiger partial charge in [-0.2, -0.15) is 0 Å². The first-order valence-corrected chi connectivity index (χ1v) is 9.45. The van der Waals surface area contributed by atoms with E-state index >= 15 is 0 Å². The van der Waals surface area contributed by atoms with Gasteiger partial charge in [-0.1, -0.05) is 11.6 Å². The molecule has 0 aliphatic heterocycles. The zero-order chi connectivity index (χ0) is 18.2. The Balaban J connectivity index is 2.10. The molecule has 0 amide bonds. The molecule has 130 valence electrons. The number of aromatic nitrogens is 2. The van der Waals surface area contributed by atoms with Crippen molar-refractivity contribution < 1.29 is 17.5 Å². The summed E-state index contributed by atoms with van der Waals surface area (Å²) in [4.78, 5) is 4.28. The zero-order valence-electron chi connectivity index (χ0n) is 13.4. The first kappa shape index (κ1) is 17.4. The van der Waals surface area contributed by atoms with E-state index in [9.17, 15) is 12.8 Å². The minimum Gasteiger partial charge on any atom is -0.494 e. The molecule has 0 aliphatic rings. The summed E-state index contributed by atoms with van der Waals surface area (Å²) in [5, 5.41) is 0.205. The van der Waals surface area contributed by atoms with Crippen LogP contribution in [0, 0.1) is 5.82 Å². The molecule has 3 aromatic rings. The number of sulfone groups is 1. The van der Waals surface area contributed by atoms with Crippen molar-refractivity contribution in [3.63, 3.8) is 0 Å². The second kappa shape index (κ2) is 6.50. The lowest BCUT2D eigenvalue weighted by Crippen LogP contribution is -2.00. The lowest BCUT2D eigenvalue weighted by molar-refractivity contribution is 0.386. The third-order valence-electron chi connectivity index (χ3n) is 3.69. The van der Waals surface area contributed by atoms with Crippen LogP contribution in [0.25, 0.3) is 16.9 Å². The van der Waals surface area contributed by atoms with Crippen LogP contribution in [0.15, 0.2) is 53.7 Å². The summed E-state index contributed by atoms with van der Waals surface area (Å²) in [6.45, 7) is 0. The summed E-state index contributed by atoms with van der Waals surface area (Å²) in [6, 6.07) is 10.8. The monoisotopic (exact) mass is 379 g/mol. The Kier molecular flexibility index (Phi) is 4.53. The van der Waals surface area contributed by atoms with E-state index in [-0.39, 0.29) is 15.8 Å². The Labute approximate surface area is 149 Å². The second-order valence-corrected chi connectivity index (χ2v) is 7.74. The molecule has 8 heteroatoms. The molecule has 0 saturated carbocycles. The molecule has 1 heterocycles. The van der Waals surface area contributed by atoms with Crippen LogP contribution in [0.1, 0.15) is 0 Å². The third-order valence-corrected chi connectivity index (χ3v) is 5.10. The molecular weight excluding hydrogens is 366 g/mol. The highest BCUT2D eigenvalue weighted by Gasteiger charge is 2.16. The highest BCUT2D eigenvalue weighted by atomic mass is 35.5. The Morgan fingerprint density at radius 1 is 1.16 bits per heavy atom. The van der Waals surface area contributed by atoms with Gasteiger partial charge in [-0.25, -0.2) is 17.8 Å². The average Bonchev–Trinajstić information content (AvgIpc) is 2.95. The van der Waals surface area contributed by atoms with Crippen molar-refractivity contribution in [2.75, 3.05) is 13.4 Å². The van der Waals surface area contributed by atoms with Gasteiger partial charge in [0.15, 0.2) is 26.6 Å². The molecule has 2 aromatic carbocycles. The largest absolute Gasteiger partial charge is 0.494 e. The topological polar surface area (TPSA) is 61.2 Å². The van der Waals surface area contributed by atoms with Gasteiger partial charge in [-0.15, -0.1) is 0 Å². The predicted molar refractivity (Wildman–Crippen MR) is 93.6 cm³/mol. The molecule has 3 rings (SSSR count). The van der Waals surface area contributed by atoms with Crippen LogP contribution in [-0.4, -0.2) is 31.3 Å². The van der Waals surface area contributed by atoms with Crippen molar-refractivity contribution in [3.8, 4) is 22.7 Å². The highest BCUT2D eigenvalue weighted by Crippen LogP contribution is 2.32. The van der Waals surface area contributed by atoms with Gasteiger partial charge in [0, 0.05) is 17.5 Å². The van der Waals surface area contributed by atoms with Crippen molar-refractivity contribution in [2.45, 2.75) is 4.90 Å². The summed E-state index contributed by atoms with van der Waals surface area (Å²) in [7, 11) is -1.90. The van der Waals surface area contributed by atoms with Gasteiger partial charge in [0.2, 0.25) is 0 Å². The molecule has 0 aliphatic carbocycles. The van der Waals surface area contributed by atoms with Crippen molar-refractivity contribution in [3.05, 3.63) is 59.8 Å². The van der Waals surface area contributed by atoms with E-state index in [0.29, 0.717) is 16.9 Å². The number of halogens is 2. The molecule has 5 nitrogen and oxygen atoms in total. The first-order valence-electron chi connectivity index (χ1n) is 7.18. The number of ether oxygens (including phenoxy) is 1. The number of hydrogen-bond acceptors (Lipinski definition) is 4. The summed E-state index contributed by atoms with van der Waals surface area (Å²) in [5.74, 6) is -0.389. The van der Waals surface area contributed by atoms with E-state index in [4.69, 9.17) is 16.3 Å². The molecule has 0 unspecified atom stereocenters. The smallest absolute Gasteiger partial charge is 0.175 e. The van der Waals surface area contributed by atoms with Gasteiger partial charge < -0.3 is 4.74 Å². The van der Waals surface area contributed by atoms with Crippen LogP contribution in [0.2, 0.25) is 5.15 Å². The van der Waals surface area contributed by atoms with E-state index in [2.05, 4.69) is 4.98 Å². The third kappa shape index (κ3) is 3.38. The Bertz CT molecular complexity index is 1030. The van der Waals surface area contributed by atoms with E-state index in [1.165, 1.54) is 37.7 Å². The molecule has 0 spiro atoms. The van der Waals surface area contributed by atoms with E-state index in [1.54, 1.807) is 22.8 Å². The van der Waals surface area contributed by atoms with Gasteiger partial charge >= 0.3 is 0 Å². The molecular formula is C17H14ClFN2O3S. The Morgan fingerprint density at radius 2 is 1.84 bits per heavy atom. The van der Waals surface area contributed by atoms with Crippen LogP contribution in [0.5, 0.6) is 5.75 Å². The van der Waals surface area contributed by atoms with Crippen LogP contribution < -0.4 is 4.74 Å². The van der Waals surface area contributed by atoms with E-state index in [1.807, 2.05) is 0 Å². The molecule has 25 heavy (non-hydrogen) atoms. The van der Waals surface area contributed by atoms with Gasteiger partial charge in [-0.3, -0.25) is 4.57 Å². The van der Waals surface area contributed by atoms with Crippen LogP contribution in [-0.2, 0) is 9.84 Å². The molecule has 1 aromatic heterocycles. The Hall–Kier alpha value is -2.38. The number of benzene rings is 2. The lowest BCUT2D eigenvalue weighted by atomic mass is 10.1. The SMILES string of the molecule is CS(=O)(=O)c1ccc(-n2cnc(Cl)c2-c2ccc(O[11CH3])c(F)c2)cc1. The minimum atomic E-state index is -3.29. The maximum absolute atomic E-state index is 14.0. The molecule has 0 N–H and O–H groups in total. The van der Waals surface area contributed by atoms with Crippen LogP contribution in [0.4, 0.5) is 4.39 Å². The first-order chi connectivity index (χ1) is 11.8. The highest BCUT2D eigenvalue weighted by molar-refractivity contribution is 7.90. The molecule has 0 radical (unpaired) electrons. The summed E-state index contributed by atoms with van der Waals surface area (Å²) in [6.07, 6.45) is 2.64.